The zero-order valence-corrected chi connectivity index (χ0v) is 33.3. The summed E-state index contributed by atoms with van der Waals surface area (Å²) >= 11 is 0. The van der Waals surface area contributed by atoms with E-state index in [0.29, 0.717) is 12.0 Å². The van der Waals surface area contributed by atoms with Crippen molar-refractivity contribution in [1.29, 1.82) is 0 Å². The molecule has 0 aliphatic rings. The minimum Gasteiger partial charge on any atom is -0.250 e. The smallest absolute Gasteiger partial charge is 0.241 e. The summed E-state index contributed by atoms with van der Waals surface area (Å²) in [5.74, 6) is 0.710. The van der Waals surface area contributed by atoms with Crippen molar-refractivity contribution in [1.82, 2.24) is 4.98 Å². The van der Waals surface area contributed by atoms with Gasteiger partial charge in [-0.05, 0) is 31.2 Å². The Bertz CT molecular complexity index is 890. The molecule has 1 aromatic carbocycles. The van der Waals surface area contributed by atoms with Crippen LogP contribution in [0, 0.1) is 5.92 Å². The SMILES string of the molecule is CCCCCCCCCCCCCCCCCCC(C(CCCCCCCCCCCCCCCCC)Cc1ccccc1)[n+]1cc[nH]c1. The van der Waals surface area contributed by atoms with Crippen LogP contribution in [0.5, 0.6) is 0 Å². The van der Waals surface area contributed by atoms with Gasteiger partial charge >= 0.3 is 0 Å². The molecule has 0 aliphatic carbocycles. The molecule has 0 amide bonds. The zero-order valence-electron chi connectivity index (χ0n) is 33.3. The summed E-state index contributed by atoms with van der Waals surface area (Å²) in [7, 11) is 0. The highest BCUT2D eigenvalue weighted by atomic mass is 15.1. The number of imidazole rings is 1. The first-order valence-corrected chi connectivity index (χ1v) is 22.4. The van der Waals surface area contributed by atoms with E-state index in [9.17, 15) is 0 Å². The first-order chi connectivity index (χ1) is 24.3. The summed E-state index contributed by atoms with van der Waals surface area (Å²) < 4.78 is 2.52. The maximum Gasteiger partial charge on any atom is 0.241 e. The number of rotatable bonds is 37. The molecule has 0 spiro atoms. The van der Waals surface area contributed by atoms with E-state index >= 15 is 0 Å². The Morgan fingerprint density at radius 2 is 0.816 bits per heavy atom. The number of aromatic nitrogens is 2. The van der Waals surface area contributed by atoms with Crippen molar-refractivity contribution in [3.8, 4) is 0 Å². The van der Waals surface area contributed by atoms with Gasteiger partial charge < -0.3 is 0 Å². The average Bonchev–Trinajstić information content (AvgIpc) is 3.66. The third kappa shape index (κ3) is 25.1. The van der Waals surface area contributed by atoms with E-state index < -0.39 is 0 Å². The van der Waals surface area contributed by atoms with Gasteiger partial charge in [0.15, 0.2) is 0 Å². The van der Waals surface area contributed by atoms with Gasteiger partial charge in [-0.1, -0.05) is 237 Å². The molecule has 2 aromatic rings. The second-order valence-electron chi connectivity index (χ2n) is 15.9. The molecular formula is C47H85N2+. The second kappa shape index (κ2) is 33.6. The summed E-state index contributed by atoms with van der Waals surface area (Å²) in [6, 6.07) is 11.9. The first kappa shape index (κ1) is 43.6. The van der Waals surface area contributed by atoms with Gasteiger partial charge in [-0.15, -0.1) is 0 Å². The summed E-state index contributed by atoms with van der Waals surface area (Å²) in [5, 5.41) is 0. The number of nitrogens with one attached hydrogen (secondary N) is 1. The van der Waals surface area contributed by atoms with Crippen LogP contribution in [-0.4, -0.2) is 4.98 Å². The first-order valence-electron chi connectivity index (χ1n) is 22.4. The molecule has 2 nitrogen and oxygen atoms in total. The van der Waals surface area contributed by atoms with Crippen molar-refractivity contribution < 1.29 is 4.57 Å². The number of H-pyrrole nitrogens is 1. The van der Waals surface area contributed by atoms with Gasteiger partial charge in [0, 0.05) is 5.92 Å². The lowest BCUT2D eigenvalue weighted by Crippen LogP contribution is -2.42. The highest BCUT2D eigenvalue weighted by molar-refractivity contribution is 5.15. The molecule has 1 heterocycles. The Hall–Kier alpha value is -1.57. The fourth-order valence-corrected chi connectivity index (χ4v) is 8.16. The Kier molecular flexibility index (Phi) is 29.9. The largest absolute Gasteiger partial charge is 0.250 e. The molecule has 0 radical (unpaired) electrons. The lowest BCUT2D eigenvalue weighted by molar-refractivity contribution is -0.730. The summed E-state index contributed by atoms with van der Waals surface area (Å²) in [5.41, 5.74) is 1.52. The second-order valence-corrected chi connectivity index (χ2v) is 15.9. The standard InChI is InChI=1S/C47H84N2/c1-3-5-7-9-11-13-15-17-19-21-23-25-27-29-31-36-40-47(49-42-41-48-44-49)46(43-45-37-33-32-34-38-45)39-35-30-28-26-24-22-20-18-16-14-12-10-8-6-4-2/h32-34,37-38,41-42,44,46-47H,3-31,35-36,39-40,43H2,1-2H3/p+1. The topological polar surface area (TPSA) is 19.7 Å². The van der Waals surface area contributed by atoms with E-state index in [0.717, 1.165) is 0 Å². The average molecular weight is 678 g/mol. The van der Waals surface area contributed by atoms with Gasteiger partial charge in [0.25, 0.3) is 0 Å². The van der Waals surface area contributed by atoms with Crippen molar-refractivity contribution in [2.75, 3.05) is 0 Å². The summed E-state index contributed by atoms with van der Waals surface area (Å²) in [6.45, 7) is 4.62. The van der Waals surface area contributed by atoms with Crippen LogP contribution in [0.3, 0.4) is 0 Å². The van der Waals surface area contributed by atoms with Crippen LogP contribution in [0.1, 0.15) is 237 Å². The Labute approximate surface area is 307 Å². The monoisotopic (exact) mass is 678 g/mol. The molecule has 1 aromatic heterocycles. The Morgan fingerprint density at radius 1 is 0.449 bits per heavy atom. The van der Waals surface area contributed by atoms with Crippen molar-refractivity contribution >= 4 is 0 Å². The quantitative estimate of drug-likeness (QED) is 0.0542. The summed E-state index contributed by atoms with van der Waals surface area (Å²) in [6.07, 6.45) is 55.2. The van der Waals surface area contributed by atoms with Gasteiger partial charge in [0.05, 0.1) is 0 Å². The Morgan fingerprint density at radius 3 is 1.18 bits per heavy atom. The molecule has 0 bridgehead atoms. The van der Waals surface area contributed by atoms with Gasteiger partial charge in [-0.3, -0.25) is 4.98 Å². The lowest BCUT2D eigenvalue weighted by atomic mass is 9.84. The van der Waals surface area contributed by atoms with Crippen LogP contribution in [0.2, 0.25) is 0 Å². The molecule has 0 saturated carbocycles. The van der Waals surface area contributed by atoms with Crippen molar-refractivity contribution in [3.63, 3.8) is 0 Å². The van der Waals surface area contributed by atoms with E-state index in [4.69, 9.17) is 0 Å². The molecule has 282 valence electrons. The maximum atomic E-state index is 3.37. The number of hydrogen-bond donors (Lipinski definition) is 1. The van der Waals surface area contributed by atoms with E-state index in [1.54, 1.807) is 0 Å². The predicted octanol–water partition coefficient (Wildman–Crippen LogP) is 15.6. The van der Waals surface area contributed by atoms with Crippen LogP contribution in [0.25, 0.3) is 0 Å². The number of nitrogens with zero attached hydrogens (tertiary/aromatic N) is 1. The van der Waals surface area contributed by atoms with Crippen LogP contribution in [0.15, 0.2) is 49.1 Å². The number of unbranched alkanes of at least 4 members (excludes halogenated alkanes) is 29. The van der Waals surface area contributed by atoms with Crippen molar-refractivity contribution in [2.24, 2.45) is 5.92 Å². The molecule has 49 heavy (non-hydrogen) atoms. The fourth-order valence-electron chi connectivity index (χ4n) is 8.16. The lowest BCUT2D eigenvalue weighted by Gasteiger charge is -2.25. The number of hydrogen-bond acceptors (Lipinski definition) is 0. The highest BCUT2D eigenvalue weighted by Gasteiger charge is 2.26. The molecule has 0 saturated heterocycles. The normalized spacial score (nSPS) is 12.9. The fraction of sp³-hybridized carbons (Fsp3) is 0.809. The van der Waals surface area contributed by atoms with Crippen LogP contribution >= 0.6 is 0 Å². The molecule has 0 aliphatic heterocycles. The number of aromatic amines is 1. The van der Waals surface area contributed by atoms with Gasteiger partial charge in [-0.25, -0.2) is 4.57 Å². The van der Waals surface area contributed by atoms with E-state index in [1.807, 2.05) is 0 Å². The van der Waals surface area contributed by atoms with Crippen LogP contribution < -0.4 is 4.57 Å². The number of benzene rings is 1. The summed E-state index contributed by atoms with van der Waals surface area (Å²) in [4.78, 5) is 3.37. The Balaban J connectivity index is 1.61. The van der Waals surface area contributed by atoms with Gasteiger partial charge in [0.2, 0.25) is 6.33 Å². The highest BCUT2D eigenvalue weighted by Crippen LogP contribution is 2.29. The molecule has 2 heteroatoms. The van der Waals surface area contributed by atoms with E-state index in [-0.39, 0.29) is 0 Å². The molecular weight excluding hydrogens is 593 g/mol. The predicted molar refractivity (Wildman–Crippen MR) is 217 cm³/mol. The van der Waals surface area contributed by atoms with Gasteiger partial charge in [-0.2, -0.15) is 0 Å². The minimum absolute atomic E-state index is 0.602. The third-order valence-corrected chi connectivity index (χ3v) is 11.4. The minimum atomic E-state index is 0.602. The van der Waals surface area contributed by atoms with Crippen molar-refractivity contribution in [3.05, 3.63) is 54.6 Å². The maximum absolute atomic E-state index is 3.37. The zero-order chi connectivity index (χ0) is 34.7. The molecule has 2 atom stereocenters. The third-order valence-electron chi connectivity index (χ3n) is 11.4. The van der Waals surface area contributed by atoms with Crippen LogP contribution in [0.4, 0.5) is 0 Å². The van der Waals surface area contributed by atoms with E-state index in [2.05, 4.69) is 72.5 Å². The molecule has 2 rings (SSSR count). The molecule has 2 unspecified atom stereocenters. The van der Waals surface area contributed by atoms with Crippen molar-refractivity contribution in [2.45, 2.75) is 238 Å². The van der Waals surface area contributed by atoms with Crippen LogP contribution in [-0.2, 0) is 6.42 Å². The molecule has 0 fully saturated rings. The molecule has 1 N–H and O–H groups in total. The van der Waals surface area contributed by atoms with Gasteiger partial charge in [0.1, 0.15) is 18.4 Å². The van der Waals surface area contributed by atoms with E-state index in [1.165, 1.54) is 224 Å².